The molecule has 8 heteroatoms. The number of likely N-dealkylation sites (N-methyl/N-ethyl adjacent to an activating group) is 1. The average Bonchev–Trinajstić information content (AvgIpc) is 3.47. The van der Waals surface area contributed by atoms with Crippen molar-refractivity contribution in [2.45, 2.75) is 90.2 Å². The van der Waals surface area contributed by atoms with Crippen LogP contribution < -0.4 is 14.8 Å². The quantitative estimate of drug-likeness (QED) is 0.314. The maximum Gasteiger partial charge on any atom is 0.268 e. The number of nitrogens with zero attached hydrogens (tertiary/aromatic N) is 1. The van der Waals surface area contributed by atoms with Crippen LogP contribution in [0.15, 0.2) is 18.2 Å². The average molecular weight is 488 g/mol. The molecular weight excluding hydrogens is 446 g/mol. The first kappa shape index (κ1) is 26.9. The Morgan fingerprint density at radius 2 is 1.60 bits per heavy atom. The summed E-state index contributed by atoms with van der Waals surface area (Å²) in [5, 5.41) is 13.7. The molecule has 0 unspecified atom stereocenters. The number of nitrogens with one attached hydrogen (secondary N) is 2. The van der Waals surface area contributed by atoms with Crippen LogP contribution in [0.4, 0.5) is 0 Å². The molecule has 2 aromatic rings. The Labute approximate surface area is 208 Å². The van der Waals surface area contributed by atoms with Crippen LogP contribution in [0, 0.1) is 0 Å². The molecule has 2 amide bonds. The minimum Gasteiger partial charge on any atom is -0.454 e. The molecule has 0 spiro atoms. The van der Waals surface area contributed by atoms with Gasteiger partial charge in [-0.15, -0.1) is 0 Å². The normalized spacial score (nSPS) is 14.2. The highest BCUT2D eigenvalue weighted by atomic mass is 16.7. The minimum absolute atomic E-state index is 0.181. The second-order valence-electron chi connectivity index (χ2n) is 9.61. The zero-order chi connectivity index (χ0) is 25.2. The van der Waals surface area contributed by atoms with Crippen molar-refractivity contribution in [3.8, 4) is 11.5 Å². The van der Waals surface area contributed by atoms with Crippen molar-refractivity contribution < 1.29 is 24.2 Å². The summed E-state index contributed by atoms with van der Waals surface area (Å²) in [4.78, 5) is 30.5. The number of aliphatic hydroxyl groups is 1. The fraction of sp³-hybridized carbons (Fsp3) is 0.630. The molecule has 3 rings (SSSR count). The molecule has 1 aromatic carbocycles. The van der Waals surface area contributed by atoms with Gasteiger partial charge in [-0.3, -0.25) is 9.59 Å². The summed E-state index contributed by atoms with van der Waals surface area (Å²) >= 11 is 0. The van der Waals surface area contributed by atoms with Crippen molar-refractivity contribution in [1.82, 2.24) is 15.2 Å². The summed E-state index contributed by atoms with van der Waals surface area (Å²) in [7, 11) is 1.72. The summed E-state index contributed by atoms with van der Waals surface area (Å²) < 4.78 is 10.8. The second kappa shape index (κ2) is 13.4. The number of carbonyl (C=O) groups excluding carboxylic acids is 2. The van der Waals surface area contributed by atoms with Gasteiger partial charge in [-0.05, 0) is 25.5 Å². The molecule has 0 bridgehead atoms. The number of benzene rings is 1. The second-order valence-corrected chi connectivity index (χ2v) is 9.61. The molecule has 8 nitrogen and oxygen atoms in total. The molecule has 35 heavy (non-hydrogen) atoms. The van der Waals surface area contributed by atoms with Gasteiger partial charge in [0.1, 0.15) is 11.7 Å². The Morgan fingerprint density at radius 3 is 2.23 bits per heavy atom. The first-order valence-electron chi connectivity index (χ1n) is 13.1. The number of carbonyl (C=O) groups is 2. The summed E-state index contributed by atoms with van der Waals surface area (Å²) in [6.07, 6.45) is 11.3. The summed E-state index contributed by atoms with van der Waals surface area (Å²) in [6.45, 7) is 4.54. The van der Waals surface area contributed by atoms with E-state index in [4.69, 9.17) is 9.47 Å². The fourth-order valence-corrected chi connectivity index (χ4v) is 4.44. The summed E-state index contributed by atoms with van der Waals surface area (Å²) in [5.41, 5.74) is 1.04. The zero-order valence-electron chi connectivity index (χ0n) is 21.4. The highest BCUT2D eigenvalue weighted by Gasteiger charge is 2.29. The Hall–Kier alpha value is -2.74. The van der Waals surface area contributed by atoms with Gasteiger partial charge in [-0.25, -0.2) is 0 Å². The molecule has 2 atom stereocenters. The maximum atomic E-state index is 13.0. The monoisotopic (exact) mass is 487 g/mol. The van der Waals surface area contributed by atoms with Gasteiger partial charge < -0.3 is 29.8 Å². The van der Waals surface area contributed by atoms with Crippen molar-refractivity contribution in [1.29, 1.82) is 0 Å². The number of hydrogen-bond donors (Lipinski definition) is 3. The van der Waals surface area contributed by atoms with Gasteiger partial charge in [0, 0.05) is 30.6 Å². The molecule has 0 radical (unpaired) electrons. The number of H-pyrrole nitrogens is 1. The van der Waals surface area contributed by atoms with E-state index in [0.717, 1.165) is 23.7 Å². The predicted octanol–water partition coefficient (Wildman–Crippen LogP) is 4.76. The summed E-state index contributed by atoms with van der Waals surface area (Å²) in [6, 6.07) is 4.27. The number of unbranched alkanes of at least 4 members (excludes halogenated alkanes) is 9. The lowest BCUT2D eigenvalue weighted by Crippen LogP contribution is -2.53. The van der Waals surface area contributed by atoms with Crippen LogP contribution in [-0.4, -0.2) is 59.3 Å². The number of ether oxygens (including phenoxy) is 2. The van der Waals surface area contributed by atoms with Gasteiger partial charge in [0.05, 0.1) is 6.10 Å². The van der Waals surface area contributed by atoms with Crippen molar-refractivity contribution >= 4 is 22.7 Å². The lowest BCUT2D eigenvalue weighted by atomic mass is 10.1. The van der Waals surface area contributed by atoms with E-state index >= 15 is 0 Å². The molecule has 1 aromatic heterocycles. The van der Waals surface area contributed by atoms with E-state index in [9.17, 15) is 14.7 Å². The lowest BCUT2D eigenvalue weighted by Gasteiger charge is -2.26. The number of hydrogen-bond acceptors (Lipinski definition) is 5. The number of aromatic amines is 1. The highest BCUT2D eigenvalue weighted by molar-refractivity contribution is 6.00. The van der Waals surface area contributed by atoms with Crippen LogP contribution in [0.2, 0.25) is 0 Å². The van der Waals surface area contributed by atoms with E-state index in [2.05, 4.69) is 17.2 Å². The van der Waals surface area contributed by atoms with Gasteiger partial charge in [-0.2, -0.15) is 0 Å². The van der Waals surface area contributed by atoms with Gasteiger partial charge in [0.15, 0.2) is 11.5 Å². The number of aliphatic hydroxyl groups excluding tert-OH is 1. The molecule has 0 fully saturated rings. The number of aromatic nitrogens is 1. The van der Waals surface area contributed by atoms with Crippen molar-refractivity contribution in [2.24, 2.45) is 0 Å². The number of amides is 2. The van der Waals surface area contributed by atoms with Crippen molar-refractivity contribution in [3.63, 3.8) is 0 Å². The van der Waals surface area contributed by atoms with E-state index < -0.39 is 18.1 Å². The van der Waals surface area contributed by atoms with Gasteiger partial charge in [0.2, 0.25) is 12.7 Å². The third kappa shape index (κ3) is 7.62. The third-order valence-electron chi connectivity index (χ3n) is 6.62. The number of rotatable bonds is 15. The van der Waals surface area contributed by atoms with E-state index in [1.165, 1.54) is 58.3 Å². The van der Waals surface area contributed by atoms with E-state index in [1.807, 2.05) is 6.07 Å². The van der Waals surface area contributed by atoms with Gasteiger partial charge in [0.25, 0.3) is 5.91 Å². The van der Waals surface area contributed by atoms with Crippen LogP contribution in [0.5, 0.6) is 11.5 Å². The highest BCUT2D eigenvalue weighted by Crippen LogP contribution is 2.36. The first-order chi connectivity index (χ1) is 16.9. The van der Waals surface area contributed by atoms with Crippen molar-refractivity contribution in [2.75, 3.05) is 20.4 Å². The lowest BCUT2D eigenvalue weighted by molar-refractivity contribution is -0.134. The van der Waals surface area contributed by atoms with E-state index in [1.54, 1.807) is 24.1 Å². The maximum absolute atomic E-state index is 13.0. The first-order valence-corrected chi connectivity index (χ1v) is 13.1. The Kier molecular flexibility index (Phi) is 10.3. The minimum atomic E-state index is -1.02. The number of fused-ring (bicyclic) bond motifs is 2. The smallest absolute Gasteiger partial charge is 0.268 e. The van der Waals surface area contributed by atoms with Gasteiger partial charge >= 0.3 is 0 Å². The van der Waals surface area contributed by atoms with Crippen LogP contribution in [0.1, 0.15) is 88.5 Å². The molecule has 0 saturated heterocycles. The molecule has 3 N–H and O–H groups in total. The molecule has 194 valence electrons. The molecule has 1 aliphatic rings. The molecule has 1 aliphatic heterocycles. The largest absolute Gasteiger partial charge is 0.454 e. The van der Waals surface area contributed by atoms with Crippen LogP contribution in [-0.2, 0) is 4.79 Å². The third-order valence-corrected chi connectivity index (χ3v) is 6.62. The predicted molar refractivity (Wildman–Crippen MR) is 137 cm³/mol. The van der Waals surface area contributed by atoms with E-state index in [0.29, 0.717) is 23.7 Å². The van der Waals surface area contributed by atoms with Crippen LogP contribution >= 0.6 is 0 Å². The van der Waals surface area contributed by atoms with Crippen LogP contribution in [0.3, 0.4) is 0 Å². The fourth-order valence-electron chi connectivity index (χ4n) is 4.44. The molecule has 0 aliphatic carbocycles. The van der Waals surface area contributed by atoms with E-state index in [-0.39, 0.29) is 12.7 Å². The topological polar surface area (TPSA) is 104 Å². The van der Waals surface area contributed by atoms with Crippen molar-refractivity contribution in [3.05, 3.63) is 23.9 Å². The molecule has 0 saturated carbocycles. The summed E-state index contributed by atoms with van der Waals surface area (Å²) in [5.74, 6) is 0.516. The van der Waals surface area contributed by atoms with Crippen LogP contribution in [0.25, 0.3) is 10.9 Å². The Balaban J connectivity index is 1.44. The Bertz CT molecular complexity index is 930. The SMILES string of the molecule is CCCCCCCCCCCCN(C)C(=O)[C@@H](NC(=O)c1cc2cc3c(cc2[nH]1)OCO3)[C@@H](C)O. The molecular formula is C27H41N3O5. The zero-order valence-corrected chi connectivity index (χ0v) is 21.4. The standard InChI is InChI=1S/C27H41N3O5/c1-4-5-6-7-8-9-10-11-12-13-14-30(3)27(33)25(19(2)31)29-26(32)22-15-20-16-23-24(35-18-34-23)17-21(20)28-22/h15-17,19,25,28,31H,4-14,18H2,1-3H3,(H,29,32)/t19-,25+/m1/s1. The molecule has 2 heterocycles. The van der Waals surface area contributed by atoms with Gasteiger partial charge in [-0.1, -0.05) is 64.7 Å². The Morgan fingerprint density at radius 1 is 1.00 bits per heavy atom.